The molecule has 0 saturated heterocycles. The van der Waals surface area contributed by atoms with Gasteiger partial charge < -0.3 is 5.32 Å². The molecule has 3 rings (SSSR count). The van der Waals surface area contributed by atoms with Gasteiger partial charge in [0.05, 0.1) is 17.1 Å². The molecule has 0 unspecified atom stereocenters. The molecule has 0 saturated carbocycles. The summed E-state index contributed by atoms with van der Waals surface area (Å²) in [6.07, 6.45) is 0. The Morgan fingerprint density at radius 2 is 1.83 bits per heavy atom. The van der Waals surface area contributed by atoms with Crippen LogP contribution in [-0.4, -0.2) is 20.9 Å². The Bertz CT molecular complexity index is 917. The molecule has 0 bridgehead atoms. The van der Waals surface area contributed by atoms with Crippen LogP contribution < -0.4 is 5.32 Å². The van der Waals surface area contributed by atoms with Crippen LogP contribution in [0.2, 0.25) is 0 Å². The minimum atomic E-state index is -0.257. The van der Waals surface area contributed by atoms with Crippen molar-refractivity contribution in [3.63, 3.8) is 0 Å². The molecule has 24 heavy (non-hydrogen) atoms. The van der Waals surface area contributed by atoms with Gasteiger partial charge in [0.2, 0.25) is 0 Å². The summed E-state index contributed by atoms with van der Waals surface area (Å²) in [6, 6.07) is 13.7. The number of amides is 1. The molecule has 1 aromatic heterocycles. The second-order valence-electron chi connectivity index (χ2n) is 5.65. The largest absolute Gasteiger partial charge is 0.320 e. The summed E-state index contributed by atoms with van der Waals surface area (Å²) in [4.78, 5) is 14.1. The van der Waals surface area contributed by atoms with Crippen molar-refractivity contribution in [1.29, 1.82) is 0 Å². The number of hydrogen-bond acceptors (Lipinski definition) is 3. The van der Waals surface area contributed by atoms with E-state index in [1.54, 1.807) is 6.92 Å². The molecule has 0 aliphatic rings. The molecule has 0 aliphatic carbocycles. The maximum Gasteiger partial charge on any atom is 0.278 e. The van der Waals surface area contributed by atoms with Crippen molar-refractivity contribution in [3.05, 3.63) is 68.5 Å². The number of carbonyl (C=O) groups is 1. The third-order valence-electron chi connectivity index (χ3n) is 3.69. The highest BCUT2D eigenvalue weighted by Gasteiger charge is 2.18. The smallest absolute Gasteiger partial charge is 0.278 e. The summed E-state index contributed by atoms with van der Waals surface area (Å²) in [5.74, 6) is -0.257. The fourth-order valence-electron chi connectivity index (χ4n) is 2.47. The van der Waals surface area contributed by atoms with E-state index in [9.17, 15) is 4.79 Å². The molecule has 1 heterocycles. The zero-order chi connectivity index (χ0) is 17.3. The average molecular weight is 432 g/mol. The fourth-order valence-corrected chi connectivity index (χ4v) is 2.99. The highest BCUT2D eigenvalue weighted by atomic mass is 127. The molecule has 1 N–H and O–H groups in total. The van der Waals surface area contributed by atoms with E-state index in [4.69, 9.17) is 0 Å². The minimum Gasteiger partial charge on any atom is -0.320 e. The Kier molecular flexibility index (Phi) is 4.66. The molecule has 0 atom stereocenters. The lowest BCUT2D eigenvalue weighted by Crippen LogP contribution is -2.15. The first kappa shape index (κ1) is 16.6. The van der Waals surface area contributed by atoms with Gasteiger partial charge in [0.15, 0.2) is 5.69 Å². The molecule has 5 nitrogen and oxygen atoms in total. The van der Waals surface area contributed by atoms with Crippen LogP contribution >= 0.6 is 22.6 Å². The molecule has 122 valence electrons. The number of aryl methyl sites for hydroxylation is 3. The van der Waals surface area contributed by atoms with Gasteiger partial charge in [-0.05, 0) is 67.1 Å². The van der Waals surface area contributed by atoms with Crippen LogP contribution in [0.1, 0.15) is 27.3 Å². The Morgan fingerprint density at radius 1 is 1.08 bits per heavy atom. The van der Waals surface area contributed by atoms with E-state index in [0.717, 1.165) is 20.5 Å². The van der Waals surface area contributed by atoms with Gasteiger partial charge in [0, 0.05) is 3.57 Å². The van der Waals surface area contributed by atoms with Crippen LogP contribution in [0.4, 0.5) is 5.69 Å². The summed E-state index contributed by atoms with van der Waals surface area (Å²) in [7, 11) is 0. The number of benzene rings is 2. The Hall–Kier alpha value is -2.22. The van der Waals surface area contributed by atoms with Gasteiger partial charge in [-0.3, -0.25) is 4.79 Å². The van der Waals surface area contributed by atoms with Gasteiger partial charge in [-0.25, -0.2) is 0 Å². The number of hydrogen-bond donors (Lipinski definition) is 1. The van der Waals surface area contributed by atoms with Gasteiger partial charge in [0.1, 0.15) is 0 Å². The van der Waals surface area contributed by atoms with Crippen molar-refractivity contribution in [3.8, 4) is 5.69 Å². The van der Waals surface area contributed by atoms with Crippen molar-refractivity contribution in [2.45, 2.75) is 20.8 Å². The van der Waals surface area contributed by atoms with Gasteiger partial charge >= 0.3 is 0 Å². The number of carbonyl (C=O) groups excluding carboxylic acids is 1. The number of aromatic nitrogens is 3. The van der Waals surface area contributed by atoms with E-state index in [2.05, 4.69) is 44.2 Å². The van der Waals surface area contributed by atoms with Crippen LogP contribution in [0.3, 0.4) is 0 Å². The van der Waals surface area contributed by atoms with Crippen LogP contribution in [-0.2, 0) is 0 Å². The first-order valence-corrected chi connectivity index (χ1v) is 8.61. The molecular weight excluding hydrogens is 415 g/mol. The summed E-state index contributed by atoms with van der Waals surface area (Å²) in [5, 5.41) is 11.7. The number of nitrogens with zero attached hydrogens (tertiary/aromatic N) is 3. The second kappa shape index (κ2) is 6.72. The monoisotopic (exact) mass is 432 g/mol. The molecular formula is C18H17IN4O. The SMILES string of the molecule is Cc1ccc(-n2nc(C)c(C(=O)Nc3ccccc3I)n2)c(C)c1. The lowest BCUT2D eigenvalue weighted by atomic mass is 10.1. The average Bonchev–Trinajstić information content (AvgIpc) is 2.91. The lowest BCUT2D eigenvalue weighted by Gasteiger charge is -2.06. The molecule has 6 heteroatoms. The van der Waals surface area contributed by atoms with Crippen molar-refractivity contribution >= 4 is 34.2 Å². The van der Waals surface area contributed by atoms with E-state index in [1.165, 1.54) is 10.4 Å². The number of anilines is 1. The predicted molar refractivity (Wildman–Crippen MR) is 103 cm³/mol. The molecule has 0 radical (unpaired) electrons. The maximum absolute atomic E-state index is 12.5. The topological polar surface area (TPSA) is 59.8 Å². The van der Waals surface area contributed by atoms with E-state index in [1.807, 2.05) is 50.2 Å². The van der Waals surface area contributed by atoms with Crippen LogP contribution in [0.15, 0.2) is 42.5 Å². The summed E-state index contributed by atoms with van der Waals surface area (Å²) in [5.41, 5.74) is 4.81. The van der Waals surface area contributed by atoms with Crippen molar-refractivity contribution in [1.82, 2.24) is 15.0 Å². The van der Waals surface area contributed by atoms with Gasteiger partial charge in [0.25, 0.3) is 5.91 Å². The van der Waals surface area contributed by atoms with E-state index >= 15 is 0 Å². The highest BCUT2D eigenvalue weighted by Crippen LogP contribution is 2.19. The zero-order valence-corrected chi connectivity index (χ0v) is 15.8. The van der Waals surface area contributed by atoms with Crippen LogP contribution in [0.5, 0.6) is 0 Å². The molecule has 0 aliphatic heterocycles. The normalized spacial score (nSPS) is 10.7. The number of para-hydroxylation sites is 1. The van der Waals surface area contributed by atoms with Gasteiger partial charge in [-0.15, -0.1) is 5.10 Å². The zero-order valence-electron chi connectivity index (χ0n) is 13.7. The maximum atomic E-state index is 12.5. The van der Waals surface area contributed by atoms with Crippen molar-refractivity contribution in [2.24, 2.45) is 0 Å². The van der Waals surface area contributed by atoms with Crippen LogP contribution in [0.25, 0.3) is 5.69 Å². The van der Waals surface area contributed by atoms with Crippen molar-refractivity contribution < 1.29 is 4.79 Å². The van der Waals surface area contributed by atoms with Gasteiger partial charge in [-0.2, -0.15) is 9.90 Å². The Labute approximate surface area is 154 Å². The van der Waals surface area contributed by atoms with E-state index in [0.29, 0.717) is 11.4 Å². The van der Waals surface area contributed by atoms with E-state index < -0.39 is 0 Å². The van der Waals surface area contributed by atoms with E-state index in [-0.39, 0.29) is 5.91 Å². The highest BCUT2D eigenvalue weighted by molar-refractivity contribution is 14.1. The standard InChI is InChI=1S/C18H17IN4O/c1-11-8-9-16(12(2)10-11)23-21-13(3)17(22-23)18(24)20-15-7-5-4-6-14(15)19/h4-10H,1-3H3,(H,20,24). The predicted octanol–water partition coefficient (Wildman–Crippen LogP) is 4.05. The first-order chi connectivity index (χ1) is 11.5. The lowest BCUT2D eigenvalue weighted by molar-refractivity contribution is 0.102. The molecule has 2 aromatic carbocycles. The fraction of sp³-hybridized carbons (Fsp3) is 0.167. The third-order valence-corrected chi connectivity index (χ3v) is 4.63. The quantitative estimate of drug-likeness (QED) is 0.636. The second-order valence-corrected chi connectivity index (χ2v) is 6.81. The van der Waals surface area contributed by atoms with Crippen LogP contribution in [0, 0.1) is 24.3 Å². The third kappa shape index (κ3) is 3.33. The Morgan fingerprint density at radius 3 is 2.54 bits per heavy atom. The van der Waals surface area contributed by atoms with Gasteiger partial charge in [-0.1, -0.05) is 29.8 Å². The van der Waals surface area contributed by atoms with Crippen molar-refractivity contribution in [2.75, 3.05) is 5.32 Å². The molecule has 0 fully saturated rings. The number of halogens is 1. The summed E-state index contributed by atoms with van der Waals surface area (Å²) >= 11 is 2.19. The minimum absolute atomic E-state index is 0.257. The summed E-state index contributed by atoms with van der Waals surface area (Å²) in [6.45, 7) is 5.84. The Balaban J connectivity index is 1.91. The molecule has 1 amide bonds. The first-order valence-electron chi connectivity index (χ1n) is 7.53. The number of nitrogens with one attached hydrogen (secondary N) is 1. The molecule has 0 spiro atoms. The number of rotatable bonds is 3. The molecule has 3 aromatic rings. The summed E-state index contributed by atoms with van der Waals surface area (Å²) < 4.78 is 0.975.